The monoisotopic (exact) mass is 464 g/mol. The molecule has 1 atom stereocenters. The summed E-state index contributed by atoms with van der Waals surface area (Å²) in [5, 5.41) is 4.67. The number of piperidine rings is 1. The molecule has 1 aromatic heterocycles. The summed E-state index contributed by atoms with van der Waals surface area (Å²) in [5.41, 5.74) is 0.743. The second-order valence-electron chi connectivity index (χ2n) is 7.55. The molecule has 31 heavy (non-hydrogen) atoms. The maximum absolute atomic E-state index is 12.9. The highest BCUT2D eigenvalue weighted by Gasteiger charge is 2.12. The predicted octanol–water partition coefficient (Wildman–Crippen LogP) is 4.22. The molecule has 1 aliphatic rings. The van der Waals surface area contributed by atoms with E-state index >= 15 is 0 Å². The Morgan fingerprint density at radius 1 is 1.23 bits per heavy atom. The zero-order chi connectivity index (χ0) is 21.9. The number of likely N-dealkylation sites (tertiary alicyclic amines) is 1. The minimum atomic E-state index is -1.34. The first-order valence-electron chi connectivity index (χ1n) is 10.5. The Hall–Kier alpha value is -2.03. The van der Waals surface area contributed by atoms with E-state index in [1.54, 1.807) is 29.7 Å². The number of hydrogen-bond acceptors (Lipinski definition) is 5. The summed E-state index contributed by atoms with van der Waals surface area (Å²) in [7, 11) is -1.34. The maximum atomic E-state index is 12.9. The molecule has 1 fully saturated rings. The summed E-state index contributed by atoms with van der Waals surface area (Å²) in [5.74, 6) is 0.389. The SMILES string of the molecule is O=C(CS(=O)Cc1ccc(F)cc1)N/C=C\CCOc1csc(CN2CCCCC2)c1. The van der Waals surface area contributed by atoms with Crippen LogP contribution in [0.1, 0.15) is 36.1 Å². The van der Waals surface area contributed by atoms with E-state index in [-0.39, 0.29) is 23.2 Å². The van der Waals surface area contributed by atoms with Crippen LogP contribution in [0.2, 0.25) is 0 Å². The van der Waals surface area contributed by atoms with E-state index < -0.39 is 10.8 Å². The summed E-state index contributed by atoms with van der Waals surface area (Å²) in [4.78, 5) is 15.7. The highest BCUT2D eigenvalue weighted by Crippen LogP contribution is 2.24. The van der Waals surface area contributed by atoms with E-state index in [1.807, 2.05) is 11.5 Å². The van der Waals surface area contributed by atoms with Crippen molar-refractivity contribution in [1.29, 1.82) is 0 Å². The molecule has 2 heterocycles. The Kier molecular flexibility index (Phi) is 9.71. The second-order valence-corrected chi connectivity index (χ2v) is 10.0. The molecule has 1 aromatic carbocycles. The zero-order valence-corrected chi connectivity index (χ0v) is 19.2. The third kappa shape index (κ3) is 8.93. The largest absolute Gasteiger partial charge is 0.492 e. The number of benzene rings is 1. The standard InChI is InChI=1S/C23H29FN2O3S2/c24-20-8-6-19(7-9-20)17-31(28)18-23(27)25-10-2-5-13-29-21-14-22(30-16-21)15-26-11-3-1-4-12-26/h2,6-10,14,16H,1,3-5,11-13,15,17-18H2,(H,25,27)/b10-2-. The van der Waals surface area contributed by atoms with Gasteiger partial charge in [0.15, 0.2) is 0 Å². The molecule has 3 rings (SSSR count). The van der Waals surface area contributed by atoms with Gasteiger partial charge in [-0.2, -0.15) is 0 Å². The molecule has 8 heteroatoms. The molecule has 168 valence electrons. The van der Waals surface area contributed by atoms with E-state index in [9.17, 15) is 13.4 Å². The summed E-state index contributed by atoms with van der Waals surface area (Å²) < 4.78 is 30.7. The van der Waals surface area contributed by atoms with E-state index in [4.69, 9.17) is 4.74 Å². The van der Waals surface area contributed by atoms with Crippen molar-refractivity contribution in [3.8, 4) is 5.75 Å². The molecule has 0 spiro atoms. The van der Waals surface area contributed by atoms with E-state index in [1.165, 1.54) is 49.4 Å². The Bertz CT molecular complexity index is 877. The van der Waals surface area contributed by atoms with Crippen LogP contribution >= 0.6 is 11.3 Å². The van der Waals surface area contributed by atoms with Crippen LogP contribution in [0.5, 0.6) is 5.75 Å². The lowest BCUT2D eigenvalue weighted by atomic mass is 10.1. The molecule has 1 unspecified atom stereocenters. The minimum Gasteiger partial charge on any atom is -0.492 e. The van der Waals surface area contributed by atoms with Gasteiger partial charge in [0.05, 0.1) is 6.61 Å². The van der Waals surface area contributed by atoms with E-state index in [0.29, 0.717) is 13.0 Å². The van der Waals surface area contributed by atoms with Crippen LogP contribution in [0.4, 0.5) is 4.39 Å². The van der Waals surface area contributed by atoms with Crippen molar-refractivity contribution < 1.29 is 18.1 Å². The summed E-state index contributed by atoms with van der Waals surface area (Å²) in [6.07, 6.45) is 7.98. The van der Waals surface area contributed by atoms with Gasteiger partial charge in [0.1, 0.15) is 17.3 Å². The highest BCUT2D eigenvalue weighted by atomic mass is 32.2. The van der Waals surface area contributed by atoms with Crippen molar-refractivity contribution in [2.75, 3.05) is 25.4 Å². The summed E-state index contributed by atoms with van der Waals surface area (Å²) in [6.45, 7) is 3.90. The number of nitrogens with zero attached hydrogens (tertiary/aromatic N) is 1. The fourth-order valence-corrected chi connectivity index (χ4v) is 5.23. The lowest BCUT2D eigenvalue weighted by Gasteiger charge is -2.25. The van der Waals surface area contributed by atoms with Gasteiger partial charge in [-0.25, -0.2) is 4.39 Å². The highest BCUT2D eigenvalue weighted by molar-refractivity contribution is 7.84. The van der Waals surface area contributed by atoms with Crippen LogP contribution in [0.25, 0.3) is 0 Å². The predicted molar refractivity (Wildman–Crippen MR) is 124 cm³/mol. The van der Waals surface area contributed by atoms with Crippen LogP contribution < -0.4 is 10.1 Å². The van der Waals surface area contributed by atoms with E-state index in [2.05, 4.69) is 16.3 Å². The quantitative estimate of drug-likeness (QED) is 0.506. The van der Waals surface area contributed by atoms with Crippen molar-refractivity contribution >= 4 is 28.0 Å². The van der Waals surface area contributed by atoms with Crippen molar-refractivity contribution in [3.05, 3.63) is 64.2 Å². The number of thiophene rings is 1. The number of carbonyl (C=O) groups excluding carboxylic acids is 1. The fourth-order valence-electron chi connectivity index (χ4n) is 3.34. The first-order chi connectivity index (χ1) is 15.1. The number of halogens is 1. The van der Waals surface area contributed by atoms with Gasteiger partial charge in [-0.15, -0.1) is 11.3 Å². The number of rotatable bonds is 11. The average molecular weight is 465 g/mol. The number of amides is 1. The Labute approximate surface area is 189 Å². The van der Waals surface area contributed by atoms with Crippen LogP contribution in [-0.2, 0) is 27.9 Å². The fraction of sp³-hybridized carbons (Fsp3) is 0.435. The van der Waals surface area contributed by atoms with Gasteiger partial charge in [-0.3, -0.25) is 13.9 Å². The molecular weight excluding hydrogens is 435 g/mol. The molecule has 0 aliphatic carbocycles. The van der Waals surface area contributed by atoms with E-state index in [0.717, 1.165) is 17.9 Å². The van der Waals surface area contributed by atoms with Gasteiger partial charge in [0.25, 0.3) is 0 Å². The normalized spacial score (nSPS) is 15.8. The number of carbonyl (C=O) groups is 1. The van der Waals surface area contributed by atoms with Gasteiger partial charge >= 0.3 is 0 Å². The van der Waals surface area contributed by atoms with Gasteiger partial charge in [0, 0.05) is 39.8 Å². The molecule has 1 aliphatic heterocycles. The van der Waals surface area contributed by atoms with Gasteiger partial charge in [0.2, 0.25) is 5.91 Å². The lowest BCUT2D eigenvalue weighted by molar-refractivity contribution is -0.117. The Morgan fingerprint density at radius 2 is 2.00 bits per heavy atom. The number of hydrogen-bond donors (Lipinski definition) is 1. The average Bonchev–Trinajstić information content (AvgIpc) is 3.20. The minimum absolute atomic E-state index is 0.0904. The van der Waals surface area contributed by atoms with Crippen molar-refractivity contribution in [1.82, 2.24) is 10.2 Å². The van der Waals surface area contributed by atoms with Crippen LogP contribution in [0.15, 0.2) is 48.0 Å². The van der Waals surface area contributed by atoms with Gasteiger partial charge < -0.3 is 10.1 Å². The number of nitrogens with one attached hydrogen (secondary N) is 1. The molecule has 0 saturated carbocycles. The first kappa shape index (κ1) is 23.6. The van der Waals surface area contributed by atoms with Crippen LogP contribution in [0.3, 0.4) is 0 Å². The summed E-state index contributed by atoms with van der Waals surface area (Å²) in [6, 6.07) is 7.91. The third-order valence-electron chi connectivity index (χ3n) is 4.91. The second kappa shape index (κ2) is 12.7. The molecule has 2 aromatic rings. The molecule has 1 N–H and O–H groups in total. The number of ether oxygens (including phenoxy) is 1. The Balaban J connectivity index is 1.27. The third-order valence-corrected chi connectivity index (χ3v) is 7.05. The van der Waals surface area contributed by atoms with Gasteiger partial charge in [-0.1, -0.05) is 24.6 Å². The lowest BCUT2D eigenvalue weighted by Crippen LogP contribution is -2.28. The topological polar surface area (TPSA) is 58.6 Å². The molecule has 5 nitrogen and oxygen atoms in total. The molecular formula is C23H29FN2O3S2. The van der Waals surface area contributed by atoms with Crippen molar-refractivity contribution in [2.45, 2.75) is 38.0 Å². The maximum Gasteiger partial charge on any atom is 0.236 e. The first-order valence-corrected chi connectivity index (χ1v) is 12.9. The molecule has 1 saturated heterocycles. The van der Waals surface area contributed by atoms with Crippen molar-refractivity contribution in [3.63, 3.8) is 0 Å². The van der Waals surface area contributed by atoms with Crippen LogP contribution in [-0.4, -0.2) is 40.5 Å². The zero-order valence-electron chi connectivity index (χ0n) is 17.6. The summed E-state index contributed by atoms with van der Waals surface area (Å²) >= 11 is 1.73. The molecule has 0 bridgehead atoms. The smallest absolute Gasteiger partial charge is 0.236 e. The molecule has 1 amide bonds. The Morgan fingerprint density at radius 3 is 2.77 bits per heavy atom. The van der Waals surface area contributed by atoms with Gasteiger partial charge in [-0.05, 0) is 55.9 Å². The van der Waals surface area contributed by atoms with Crippen LogP contribution in [0, 0.1) is 5.82 Å². The molecule has 0 radical (unpaired) electrons. The van der Waals surface area contributed by atoms with Crippen molar-refractivity contribution in [2.24, 2.45) is 0 Å².